The fourth-order valence-electron chi connectivity index (χ4n) is 2.18. The molecular weight excluding hydrogens is 228 g/mol. The largest absolute Gasteiger partial charge is 0.359 e. The van der Waals surface area contributed by atoms with E-state index in [0.29, 0.717) is 13.4 Å². The molecule has 1 aliphatic rings. The molecule has 0 aromatic carbocycles. The van der Waals surface area contributed by atoms with Crippen LogP contribution in [0, 0.1) is 5.41 Å². The van der Waals surface area contributed by atoms with Gasteiger partial charge < -0.3 is 9.47 Å². The summed E-state index contributed by atoms with van der Waals surface area (Å²) in [5.41, 5.74) is 2.32. The van der Waals surface area contributed by atoms with Crippen LogP contribution in [-0.2, 0) is 14.3 Å². The van der Waals surface area contributed by atoms with Crippen molar-refractivity contribution in [2.24, 2.45) is 5.41 Å². The number of ether oxygens (including phenoxy) is 2. The lowest BCUT2D eigenvalue weighted by Crippen LogP contribution is -2.08. The quantitative estimate of drug-likeness (QED) is 0.396. The molecule has 0 fully saturated rings. The second-order valence-corrected chi connectivity index (χ2v) is 5.39. The summed E-state index contributed by atoms with van der Waals surface area (Å²) in [5.74, 6) is 0.211. The maximum atomic E-state index is 11.3. The molecule has 3 nitrogen and oxygen atoms in total. The van der Waals surface area contributed by atoms with Gasteiger partial charge in [-0.25, -0.2) is 0 Å². The number of hydrogen-bond donors (Lipinski definition) is 0. The molecule has 1 rings (SSSR count). The van der Waals surface area contributed by atoms with Crippen molar-refractivity contribution in [2.75, 3.05) is 20.5 Å². The average molecular weight is 252 g/mol. The van der Waals surface area contributed by atoms with Gasteiger partial charge >= 0.3 is 0 Å². The van der Waals surface area contributed by atoms with Crippen LogP contribution in [0.4, 0.5) is 0 Å². The Morgan fingerprint density at radius 1 is 1.50 bits per heavy atom. The number of rotatable bonds is 7. The van der Waals surface area contributed by atoms with Gasteiger partial charge in [0.2, 0.25) is 0 Å². The molecule has 1 aliphatic carbocycles. The van der Waals surface area contributed by atoms with Gasteiger partial charge in [-0.15, -0.1) is 0 Å². The van der Waals surface area contributed by atoms with Gasteiger partial charge in [0.15, 0.2) is 5.78 Å². The molecule has 18 heavy (non-hydrogen) atoms. The first-order valence-electron chi connectivity index (χ1n) is 6.42. The van der Waals surface area contributed by atoms with Crippen LogP contribution >= 0.6 is 0 Å². The monoisotopic (exact) mass is 252 g/mol. The van der Waals surface area contributed by atoms with E-state index in [1.165, 1.54) is 5.57 Å². The standard InChI is InChI=1S/C15H24O3/c1-12(10-18-11-17-4)5-7-15(3)8-6-14(9-15)13(2)16/h5,9H,6-8,10-11H2,1-4H3/b12-5-/t15-/m1/s1. The number of Topliss-reactive ketones (excluding diaryl/α,β-unsaturated/α-hetero) is 1. The van der Waals surface area contributed by atoms with Gasteiger partial charge in [-0.3, -0.25) is 4.79 Å². The Kier molecular flexibility index (Phi) is 5.76. The van der Waals surface area contributed by atoms with Crippen molar-refractivity contribution in [1.29, 1.82) is 0 Å². The van der Waals surface area contributed by atoms with Crippen LogP contribution in [0.3, 0.4) is 0 Å². The Labute approximate surface area is 110 Å². The summed E-state index contributed by atoms with van der Waals surface area (Å²) in [5, 5.41) is 0. The zero-order chi connectivity index (χ0) is 13.6. The van der Waals surface area contributed by atoms with Gasteiger partial charge in [0.05, 0.1) is 6.61 Å². The van der Waals surface area contributed by atoms with Crippen LogP contribution in [0.1, 0.15) is 40.0 Å². The third-order valence-electron chi connectivity index (χ3n) is 3.39. The fraction of sp³-hybridized carbons (Fsp3) is 0.667. The highest BCUT2D eigenvalue weighted by molar-refractivity contribution is 5.93. The SMILES string of the molecule is COCOC/C(C)=C\C[C@@]1(C)C=C(C(C)=O)CC1. The third-order valence-corrected chi connectivity index (χ3v) is 3.39. The van der Waals surface area contributed by atoms with Gasteiger partial charge in [-0.1, -0.05) is 24.6 Å². The van der Waals surface area contributed by atoms with Gasteiger partial charge in [0, 0.05) is 7.11 Å². The Hall–Kier alpha value is -0.930. The van der Waals surface area contributed by atoms with Gasteiger partial charge in [0.1, 0.15) is 6.79 Å². The minimum atomic E-state index is 0.128. The first-order valence-corrected chi connectivity index (χ1v) is 6.42. The minimum absolute atomic E-state index is 0.128. The van der Waals surface area contributed by atoms with Crippen LogP contribution < -0.4 is 0 Å². The lowest BCUT2D eigenvalue weighted by atomic mass is 9.86. The lowest BCUT2D eigenvalue weighted by molar-refractivity contribution is -0.113. The Morgan fingerprint density at radius 3 is 2.78 bits per heavy atom. The number of carbonyl (C=O) groups excluding carboxylic acids is 1. The van der Waals surface area contributed by atoms with Crippen LogP contribution in [0.2, 0.25) is 0 Å². The Balaban J connectivity index is 2.47. The number of allylic oxidation sites excluding steroid dienone is 3. The summed E-state index contributed by atoms with van der Waals surface area (Å²) in [7, 11) is 1.62. The zero-order valence-electron chi connectivity index (χ0n) is 11.9. The second kappa shape index (κ2) is 6.86. The van der Waals surface area contributed by atoms with Crippen LogP contribution in [0.5, 0.6) is 0 Å². The highest BCUT2D eigenvalue weighted by Gasteiger charge is 2.28. The van der Waals surface area contributed by atoms with E-state index in [2.05, 4.69) is 26.0 Å². The molecule has 0 spiro atoms. The van der Waals surface area contributed by atoms with E-state index in [9.17, 15) is 4.79 Å². The molecule has 0 radical (unpaired) electrons. The molecule has 0 aromatic rings. The lowest BCUT2D eigenvalue weighted by Gasteiger charge is -2.19. The van der Waals surface area contributed by atoms with Crippen molar-refractivity contribution < 1.29 is 14.3 Å². The summed E-state index contributed by atoms with van der Waals surface area (Å²) in [4.78, 5) is 11.3. The predicted molar refractivity (Wildman–Crippen MR) is 72.3 cm³/mol. The van der Waals surface area contributed by atoms with Crippen molar-refractivity contribution in [3.8, 4) is 0 Å². The molecular formula is C15H24O3. The Morgan fingerprint density at radius 2 is 2.22 bits per heavy atom. The molecule has 0 saturated heterocycles. The summed E-state index contributed by atoms with van der Waals surface area (Å²) >= 11 is 0. The summed E-state index contributed by atoms with van der Waals surface area (Å²) in [6, 6.07) is 0. The molecule has 3 heteroatoms. The van der Waals surface area contributed by atoms with Gasteiger partial charge in [-0.05, 0) is 44.1 Å². The van der Waals surface area contributed by atoms with E-state index in [1.807, 2.05) is 0 Å². The van der Waals surface area contributed by atoms with Crippen molar-refractivity contribution in [3.05, 3.63) is 23.3 Å². The summed E-state index contributed by atoms with van der Waals surface area (Å²) in [6.07, 6.45) is 7.29. The molecule has 0 bridgehead atoms. The average Bonchev–Trinajstić information content (AvgIpc) is 2.71. The molecule has 1 atom stereocenters. The highest BCUT2D eigenvalue weighted by Crippen LogP contribution is 2.39. The molecule has 0 N–H and O–H groups in total. The topological polar surface area (TPSA) is 35.5 Å². The van der Waals surface area contributed by atoms with Crippen molar-refractivity contribution in [1.82, 2.24) is 0 Å². The summed E-state index contributed by atoms with van der Waals surface area (Å²) < 4.78 is 10.1. The fourth-order valence-corrected chi connectivity index (χ4v) is 2.18. The van der Waals surface area contributed by atoms with Crippen molar-refractivity contribution in [3.63, 3.8) is 0 Å². The van der Waals surface area contributed by atoms with Crippen molar-refractivity contribution >= 4 is 5.78 Å². The smallest absolute Gasteiger partial charge is 0.155 e. The van der Waals surface area contributed by atoms with Gasteiger partial charge in [0.25, 0.3) is 0 Å². The normalized spacial score (nSPS) is 24.2. The number of hydrogen-bond acceptors (Lipinski definition) is 3. The number of ketones is 1. The second-order valence-electron chi connectivity index (χ2n) is 5.39. The van der Waals surface area contributed by atoms with Crippen LogP contribution in [-0.4, -0.2) is 26.3 Å². The van der Waals surface area contributed by atoms with Crippen LogP contribution in [0.25, 0.3) is 0 Å². The van der Waals surface area contributed by atoms with E-state index in [4.69, 9.17) is 9.47 Å². The number of carbonyl (C=O) groups is 1. The van der Waals surface area contributed by atoms with E-state index in [-0.39, 0.29) is 11.2 Å². The molecule has 0 saturated carbocycles. The van der Waals surface area contributed by atoms with E-state index < -0.39 is 0 Å². The third kappa shape index (κ3) is 4.75. The maximum absolute atomic E-state index is 11.3. The maximum Gasteiger partial charge on any atom is 0.155 e. The van der Waals surface area contributed by atoms with Crippen LogP contribution in [0.15, 0.2) is 23.3 Å². The highest BCUT2D eigenvalue weighted by atomic mass is 16.7. The van der Waals surface area contributed by atoms with E-state index in [0.717, 1.165) is 24.8 Å². The first kappa shape index (κ1) is 15.1. The summed E-state index contributed by atoms with van der Waals surface area (Å²) in [6.45, 7) is 6.85. The van der Waals surface area contributed by atoms with E-state index in [1.54, 1.807) is 14.0 Å². The van der Waals surface area contributed by atoms with Crippen molar-refractivity contribution in [2.45, 2.75) is 40.0 Å². The van der Waals surface area contributed by atoms with E-state index >= 15 is 0 Å². The zero-order valence-corrected chi connectivity index (χ0v) is 11.9. The molecule has 0 heterocycles. The number of methoxy groups -OCH3 is 1. The minimum Gasteiger partial charge on any atom is -0.359 e. The molecule has 0 amide bonds. The Bertz CT molecular complexity index is 355. The predicted octanol–water partition coefficient (Wildman–Crippen LogP) is 3.26. The molecule has 102 valence electrons. The molecule has 0 aliphatic heterocycles. The first-order chi connectivity index (χ1) is 8.47. The van der Waals surface area contributed by atoms with Gasteiger partial charge in [-0.2, -0.15) is 0 Å². The molecule has 0 aromatic heterocycles. The molecule has 0 unspecified atom stereocenters.